The zero-order valence-corrected chi connectivity index (χ0v) is 17.8. The van der Waals surface area contributed by atoms with Gasteiger partial charge in [0.05, 0.1) is 5.56 Å². The van der Waals surface area contributed by atoms with Crippen LogP contribution in [0.1, 0.15) is 31.3 Å². The summed E-state index contributed by atoms with van der Waals surface area (Å²) in [4.78, 5) is 0. The second kappa shape index (κ2) is 11.9. The number of benzene rings is 2. The van der Waals surface area contributed by atoms with Crippen LogP contribution >= 0.6 is 11.8 Å². The van der Waals surface area contributed by atoms with Crippen LogP contribution in [0.2, 0.25) is 0 Å². The molecule has 5 heteroatoms. The molecule has 1 aromatic heterocycles. The Balaban J connectivity index is 0.00000280. The number of para-hydroxylation sites is 1. The molecule has 0 unspecified atom stereocenters. The number of ether oxygens (including phenoxy) is 2. The molecular weight excluding hydrogens is 390 g/mol. The highest BCUT2D eigenvalue weighted by Gasteiger charge is 2.25. The highest BCUT2D eigenvalue weighted by molar-refractivity contribution is 7.98. The lowest BCUT2D eigenvalue weighted by Gasteiger charge is -2.18. The maximum Gasteiger partial charge on any atom is 0.254 e. The van der Waals surface area contributed by atoms with Crippen molar-refractivity contribution in [3.05, 3.63) is 90.1 Å². The van der Waals surface area contributed by atoms with Gasteiger partial charge in [0.25, 0.3) is 5.03 Å². The third-order valence-electron chi connectivity index (χ3n) is 4.12. The summed E-state index contributed by atoms with van der Waals surface area (Å²) in [5, 5.41) is 1.14. The van der Waals surface area contributed by atoms with Gasteiger partial charge in [0.2, 0.25) is 5.69 Å². The van der Waals surface area contributed by atoms with Gasteiger partial charge in [-0.05, 0) is 25.5 Å². The number of hydrogen-bond acceptors (Lipinski definition) is 3. The molecule has 0 radical (unpaired) electrons. The lowest BCUT2D eigenvalue weighted by molar-refractivity contribution is -0.637. The first-order valence-corrected chi connectivity index (χ1v) is 10.3. The van der Waals surface area contributed by atoms with Crippen LogP contribution in [-0.4, -0.2) is 13.2 Å². The molecule has 0 fully saturated rings. The number of rotatable bonds is 9. The summed E-state index contributed by atoms with van der Waals surface area (Å²) in [6, 6.07) is 25.1. The predicted molar refractivity (Wildman–Crippen MR) is 110 cm³/mol. The van der Waals surface area contributed by atoms with Gasteiger partial charge in [0, 0.05) is 37.2 Å². The molecule has 0 bridgehead atoms. The first kappa shape index (κ1) is 22.4. The highest BCUT2D eigenvalue weighted by atomic mass is 35.5. The van der Waals surface area contributed by atoms with E-state index in [-0.39, 0.29) is 18.7 Å². The van der Waals surface area contributed by atoms with Crippen LogP contribution in [0.25, 0.3) is 5.69 Å². The molecule has 148 valence electrons. The minimum absolute atomic E-state index is 0. The Kier molecular flexibility index (Phi) is 9.51. The van der Waals surface area contributed by atoms with Crippen LogP contribution < -0.4 is 17.0 Å². The topological polar surface area (TPSA) is 22.3 Å². The van der Waals surface area contributed by atoms with Gasteiger partial charge < -0.3 is 21.9 Å². The summed E-state index contributed by atoms with van der Waals surface area (Å²) < 4.78 is 14.0. The quantitative estimate of drug-likeness (QED) is 0.304. The fourth-order valence-electron chi connectivity index (χ4n) is 2.89. The van der Waals surface area contributed by atoms with E-state index >= 15 is 0 Å². The van der Waals surface area contributed by atoms with Crippen molar-refractivity contribution in [1.82, 2.24) is 0 Å². The van der Waals surface area contributed by atoms with E-state index in [1.54, 1.807) is 11.8 Å². The molecule has 0 saturated carbocycles. The molecule has 0 atom stereocenters. The molecule has 0 aliphatic carbocycles. The monoisotopic (exact) mass is 415 g/mol. The molecule has 1 heterocycles. The average molecular weight is 416 g/mol. The van der Waals surface area contributed by atoms with Crippen LogP contribution in [0.3, 0.4) is 0 Å². The summed E-state index contributed by atoms with van der Waals surface area (Å²) >= 11 is 1.80. The van der Waals surface area contributed by atoms with E-state index in [2.05, 4.69) is 71.4 Å². The van der Waals surface area contributed by atoms with Crippen LogP contribution in [0, 0.1) is 0 Å². The minimum Gasteiger partial charge on any atom is -1.00 e. The van der Waals surface area contributed by atoms with Gasteiger partial charge in [-0.15, -0.1) is 0 Å². The van der Waals surface area contributed by atoms with Crippen LogP contribution in [0.4, 0.5) is 0 Å². The van der Waals surface area contributed by atoms with Crippen molar-refractivity contribution >= 4 is 11.8 Å². The molecule has 0 spiro atoms. The molecule has 28 heavy (non-hydrogen) atoms. The number of thioether (sulfide) groups is 1. The minimum atomic E-state index is -0.366. The molecule has 0 aliphatic heterocycles. The van der Waals surface area contributed by atoms with Crippen molar-refractivity contribution in [3.8, 4) is 5.69 Å². The first-order chi connectivity index (χ1) is 13.3. The first-order valence-electron chi connectivity index (χ1n) is 9.33. The Morgan fingerprint density at radius 2 is 1.43 bits per heavy atom. The molecule has 2 aromatic carbocycles. The summed E-state index contributed by atoms with van der Waals surface area (Å²) in [7, 11) is 0. The zero-order valence-electron chi connectivity index (χ0n) is 16.3. The molecule has 3 aromatic rings. The van der Waals surface area contributed by atoms with Crippen LogP contribution in [0.15, 0.2) is 84.0 Å². The van der Waals surface area contributed by atoms with Gasteiger partial charge in [-0.1, -0.05) is 60.3 Å². The van der Waals surface area contributed by atoms with Crippen molar-refractivity contribution in [2.45, 2.75) is 30.9 Å². The Morgan fingerprint density at radius 1 is 0.821 bits per heavy atom. The van der Waals surface area contributed by atoms with Crippen molar-refractivity contribution in [1.29, 1.82) is 0 Å². The predicted octanol–water partition coefficient (Wildman–Crippen LogP) is 2.33. The Labute approximate surface area is 178 Å². The lowest BCUT2D eigenvalue weighted by atomic mass is 10.2. The lowest BCUT2D eigenvalue weighted by Crippen LogP contribution is -3.00. The van der Waals surface area contributed by atoms with Gasteiger partial charge in [0.15, 0.2) is 12.5 Å². The van der Waals surface area contributed by atoms with E-state index in [1.807, 2.05) is 26.0 Å². The fourth-order valence-corrected chi connectivity index (χ4v) is 4.02. The van der Waals surface area contributed by atoms with E-state index in [0.29, 0.717) is 13.2 Å². The smallest absolute Gasteiger partial charge is 0.254 e. The SMILES string of the molecule is CCOC(OCC)c1ccc[n+](-c2ccccc2)c1SCc1ccccc1.[Cl-]. The summed E-state index contributed by atoms with van der Waals surface area (Å²) in [5.41, 5.74) is 3.48. The van der Waals surface area contributed by atoms with Crippen molar-refractivity contribution in [3.63, 3.8) is 0 Å². The molecule has 3 rings (SSSR count). The maximum atomic E-state index is 5.90. The number of halogens is 1. The molecule has 3 nitrogen and oxygen atoms in total. The van der Waals surface area contributed by atoms with Gasteiger partial charge in [0.1, 0.15) is 0 Å². The molecule has 0 amide bonds. The number of pyridine rings is 1. The highest BCUT2D eigenvalue weighted by Crippen LogP contribution is 2.30. The van der Waals surface area contributed by atoms with E-state index in [1.165, 1.54) is 5.56 Å². The third kappa shape index (κ3) is 5.82. The van der Waals surface area contributed by atoms with E-state index in [9.17, 15) is 0 Å². The molecule has 0 saturated heterocycles. The Hall–Kier alpha value is -1.85. The van der Waals surface area contributed by atoms with Gasteiger partial charge in [-0.25, -0.2) is 0 Å². The van der Waals surface area contributed by atoms with E-state index in [4.69, 9.17) is 9.47 Å². The van der Waals surface area contributed by atoms with Crippen molar-refractivity contribution in [2.24, 2.45) is 0 Å². The molecule has 0 aliphatic rings. The summed E-state index contributed by atoms with van der Waals surface area (Å²) in [6.45, 7) is 5.20. The Morgan fingerprint density at radius 3 is 2.04 bits per heavy atom. The average Bonchev–Trinajstić information content (AvgIpc) is 2.73. The zero-order chi connectivity index (χ0) is 18.9. The largest absolute Gasteiger partial charge is 1.00 e. The van der Waals surface area contributed by atoms with Crippen molar-refractivity contribution < 1.29 is 26.4 Å². The third-order valence-corrected chi connectivity index (χ3v) is 5.30. The standard InChI is InChI=1S/C23H26NO2S.ClH/c1-3-25-23(26-4-2)21-16-11-17-24(20-14-9-6-10-15-20)22(21)27-18-19-12-7-5-8-13-19;/h5-17,23H,3-4,18H2,1-2H3;1H/q+1;/p-1. The number of hydrogen-bond donors (Lipinski definition) is 0. The summed E-state index contributed by atoms with van der Waals surface area (Å²) in [5.74, 6) is 0.885. The normalized spacial score (nSPS) is 10.7. The molecule has 0 N–H and O–H groups in total. The van der Waals surface area contributed by atoms with Gasteiger partial charge >= 0.3 is 0 Å². The van der Waals surface area contributed by atoms with Crippen LogP contribution in [-0.2, 0) is 15.2 Å². The molecular formula is C23H26ClNO2S. The van der Waals surface area contributed by atoms with E-state index in [0.717, 1.165) is 22.0 Å². The fraction of sp³-hybridized carbons (Fsp3) is 0.261. The van der Waals surface area contributed by atoms with Crippen molar-refractivity contribution in [2.75, 3.05) is 13.2 Å². The van der Waals surface area contributed by atoms with Gasteiger partial charge in [-0.3, -0.25) is 0 Å². The second-order valence-electron chi connectivity index (χ2n) is 5.99. The maximum absolute atomic E-state index is 5.90. The second-order valence-corrected chi connectivity index (χ2v) is 6.96. The van der Waals surface area contributed by atoms with Crippen LogP contribution in [0.5, 0.6) is 0 Å². The number of nitrogens with zero attached hydrogens (tertiary/aromatic N) is 1. The number of aromatic nitrogens is 1. The van der Waals surface area contributed by atoms with E-state index < -0.39 is 0 Å². The van der Waals surface area contributed by atoms with Gasteiger partial charge in [-0.2, -0.15) is 4.57 Å². The summed E-state index contributed by atoms with van der Waals surface area (Å²) in [6.07, 6.45) is 1.73. The Bertz CT molecular complexity index is 825.